The molecule has 116 valence electrons. The fraction of sp³-hybridized carbons (Fsp3) is 0.312. The molecule has 0 spiro atoms. The van der Waals surface area contributed by atoms with E-state index in [0.717, 1.165) is 16.9 Å². The first-order valence-corrected chi connectivity index (χ1v) is 7.80. The van der Waals surface area contributed by atoms with E-state index in [1.807, 2.05) is 32.9 Å². The van der Waals surface area contributed by atoms with Gasteiger partial charge in [0.1, 0.15) is 4.88 Å². The van der Waals surface area contributed by atoms with Gasteiger partial charge in [0, 0.05) is 5.56 Å². The highest BCUT2D eigenvalue weighted by Gasteiger charge is 2.19. The Labute approximate surface area is 133 Å². The number of carbonyl (C=O) groups is 2. The van der Waals surface area contributed by atoms with E-state index in [0.29, 0.717) is 28.7 Å². The summed E-state index contributed by atoms with van der Waals surface area (Å²) < 4.78 is 0. The molecule has 0 unspecified atom stereocenters. The summed E-state index contributed by atoms with van der Waals surface area (Å²) in [5.41, 5.74) is 1.94. The maximum absolute atomic E-state index is 12.3. The molecule has 0 atom stereocenters. The van der Waals surface area contributed by atoms with Crippen LogP contribution in [0, 0.1) is 12.8 Å². The Morgan fingerprint density at radius 3 is 2.59 bits per heavy atom. The van der Waals surface area contributed by atoms with Gasteiger partial charge in [-0.2, -0.15) is 0 Å². The Kier molecular flexibility index (Phi) is 4.92. The molecule has 0 aliphatic carbocycles. The van der Waals surface area contributed by atoms with Gasteiger partial charge in [-0.1, -0.05) is 43.4 Å². The van der Waals surface area contributed by atoms with E-state index >= 15 is 0 Å². The summed E-state index contributed by atoms with van der Waals surface area (Å²) in [6.45, 7) is 5.84. The van der Waals surface area contributed by atoms with Crippen molar-refractivity contribution in [2.75, 3.05) is 5.32 Å². The van der Waals surface area contributed by atoms with Crippen LogP contribution in [-0.2, 0) is 6.42 Å². The van der Waals surface area contributed by atoms with Crippen LogP contribution in [0.25, 0.3) is 0 Å². The van der Waals surface area contributed by atoms with E-state index < -0.39 is 5.97 Å². The zero-order valence-electron chi connectivity index (χ0n) is 12.7. The molecule has 2 aromatic rings. The van der Waals surface area contributed by atoms with Crippen LogP contribution in [0.1, 0.15) is 45.1 Å². The van der Waals surface area contributed by atoms with E-state index in [1.165, 1.54) is 0 Å². The molecule has 5 nitrogen and oxygen atoms in total. The monoisotopic (exact) mass is 318 g/mol. The molecule has 0 radical (unpaired) electrons. The number of anilines is 1. The topological polar surface area (TPSA) is 79.3 Å². The first-order chi connectivity index (χ1) is 10.4. The van der Waals surface area contributed by atoms with E-state index in [4.69, 9.17) is 0 Å². The number of carboxylic acids is 1. The molecule has 0 saturated carbocycles. The molecule has 0 fully saturated rings. The van der Waals surface area contributed by atoms with Crippen molar-refractivity contribution in [2.45, 2.75) is 27.2 Å². The summed E-state index contributed by atoms with van der Waals surface area (Å²) in [6.07, 6.45) is 0.568. The standard InChI is InChI=1S/C16H18N2O3S/c1-9(2)8-12-13(15(20)21)22-16(17-12)18-14(19)11-7-5-4-6-10(11)3/h4-7,9H,8H2,1-3H3,(H,20,21)(H,17,18,19). The Bertz CT molecular complexity index is 707. The minimum atomic E-state index is -1.01. The quantitative estimate of drug-likeness (QED) is 0.883. The van der Waals surface area contributed by atoms with Gasteiger partial charge in [-0.05, 0) is 30.9 Å². The highest BCUT2D eigenvalue weighted by molar-refractivity contribution is 7.17. The lowest BCUT2D eigenvalue weighted by Crippen LogP contribution is -2.13. The SMILES string of the molecule is Cc1ccccc1C(=O)Nc1nc(CC(C)C)c(C(=O)O)s1. The normalized spacial score (nSPS) is 10.7. The van der Waals surface area contributed by atoms with Crippen molar-refractivity contribution < 1.29 is 14.7 Å². The molecule has 0 aliphatic rings. The number of hydrogen-bond acceptors (Lipinski definition) is 4. The van der Waals surface area contributed by atoms with Crippen LogP contribution in [-0.4, -0.2) is 22.0 Å². The number of nitrogens with one attached hydrogen (secondary N) is 1. The highest BCUT2D eigenvalue weighted by Crippen LogP contribution is 2.26. The summed E-state index contributed by atoms with van der Waals surface area (Å²) in [5.74, 6) is -0.996. The van der Waals surface area contributed by atoms with Crippen LogP contribution in [0.2, 0.25) is 0 Å². The van der Waals surface area contributed by atoms with Crippen molar-refractivity contribution in [3.05, 3.63) is 46.0 Å². The smallest absolute Gasteiger partial charge is 0.347 e. The van der Waals surface area contributed by atoms with Crippen LogP contribution >= 0.6 is 11.3 Å². The molecule has 22 heavy (non-hydrogen) atoms. The predicted molar refractivity (Wildman–Crippen MR) is 86.7 cm³/mol. The van der Waals surface area contributed by atoms with Crippen molar-refractivity contribution in [1.29, 1.82) is 0 Å². The second kappa shape index (κ2) is 6.70. The maximum Gasteiger partial charge on any atom is 0.347 e. The van der Waals surface area contributed by atoms with Gasteiger partial charge >= 0.3 is 5.97 Å². The molecule has 1 aromatic carbocycles. The molecular weight excluding hydrogens is 300 g/mol. The number of carbonyl (C=O) groups excluding carboxylic acids is 1. The average Bonchev–Trinajstić information content (AvgIpc) is 2.81. The lowest BCUT2D eigenvalue weighted by atomic mass is 10.1. The van der Waals surface area contributed by atoms with Gasteiger partial charge in [-0.25, -0.2) is 9.78 Å². The van der Waals surface area contributed by atoms with Gasteiger partial charge < -0.3 is 5.11 Å². The minimum absolute atomic E-state index is 0.189. The molecular formula is C16H18N2O3S. The second-order valence-electron chi connectivity index (χ2n) is 5.47. The van der Waals surface area contributed by atoms with E-state index in [2.05, 4.69) is 10.3 Å². The Morgan fingerprint density at radius 1 is 1.32 bits per heavy atom. The number of rotatable bonds is 5. The zero-order chi connectivity index (χ0) is 16.3. The average molecular weight is 318 g/mol. The number of hydrogen-bond donors (Lipinski definition) is 2. The van der Waals surface area contributed by atoms with Crippen LogP contribution in [0.15, 0.2) is 24.3 Å². The van der Waals surface area contributed by atoms with Gasteiger partial charge in [0.05, 0.1) is 5.69 Å². The molecule has 1 amide bonds. The first-order valence-electron chi connectivity index (χ1n) is 6.98. The molecule has 1 heterocycles. The molecule has 1 aromatic heterocycles. The van der Waals surface area contributed by atoms with Crippen LogP contribution in [0.3, 0.4) is 0 Å². The predicted octanol–water partition coefficient (Wildman–Crippen LogP) is 3.60. The second-order valence-corrected chi connectivity index (χ2v) is 6.47. The summed E-state index contributed by atoms with van der Waals surface area (Å²) in [6, 6.07) is 7.23. The number of nitrogens with zero attached hydrogens (tertiary/aromatic N) is 1. The van der Waals surface area contributed by atoms with Crippen LogP contribution in [0.4, 0.5) is 5.13 Å². The molecule has 0 aliphatic heterocycles. The summed E-state index contributed by atoms with van der Waals surface area (Å²) in [7, 11) is 0. The third kappa shape index (κ3) is 3.71. The van der Waals surface area contributed by atoms with Crippen molar-refractivity contribution in [3.8, 4) is 0 Å². The number of aromatic nitrogens is 1. The Morgan fingerprint density at radius 2 is 2.00 bits per heavy atom. The summed E-state index contributed by atoms with van der Waals surface area (Å²) in [5, 5.41) is 12.3. The van der Waals surface area contributed by atoms with Crippen LogP contribution in [0.5, 0.6) is 0 Å². The van der Waals surface area contributed by atoms with E-state index in [9.17, 15) is 14.7 Å². The lowest BCUT2D eigenvalue weighted by molar-refractivity contribution is 0.0700. The van der Waals surface area contributed by atoms with Crippen molar-refractivity contribution in [1.82, 2.24) is 4.98 Å². The number of benzene rings is 1. The number of aromatic carboxylic acids is 1. The molecule has 6 heteroatoms. The van der Waals surface area contributed by atoms with Crippen molar-refractivity contribution in [3.63, 3.8) is 0 Å². The number of amides is 1. The molecule has 2 N–H and O–H groups in total. The van der Waals surface area contributed by atoms with Gasteiger partial charge in [0.15, 0.2) is 5.13 Å². The highest BCUT2D eigenvalue weighted by atomic mass is 32.1. The van der Waals surface area contributed by atoms with E-state index in [-0.39, 0.29) is 10.8 Å². The van der Waals surface area contributed by atoms with E-state index in [1.54, 1.807) is 12.1 Å². The third-order valence-corrected chi connectivity index (χ3v) is 4.10. The van der Waals surface area contributed by atoms with Gasteiger partial charge in [0.25, 0.3) is 5.91 Å². The zero-order valence-corrected chi connectivity index (χ0v) is 13.5. The van der Waals surface area contributed by atoms with Gasteiger partial charge in [-0.15, -0.1) is 0 Å². The van der Waals surface area contributed by atoms with Gasteiger partial charge in [0.2, 0.25) is 0 Å². The molecule has 2 rings (SSSR count). The fourth-order valence-corrected chi connectivity index (χ4v) is 2.92. The number of carboxylic acid groups (broad SMARTS) is 1. The largest absolute Gasteiger partial charge is 0.477 e. The molecule has 0 bridgehead atoms. The van der Waals surface area contributed by atoms with Crippen molar-refractivity contribution >= 4 is 28.3 Å². The van der Waals surface area contributed by atoms with Gasteiger partial charge in [-0.3, -0.25) is 10.1 Å². The maximum atomic E-state index is 12.3. The van der Waals surface area contributed by atoms with Crippen LogP contribution < -0.4 is 5.32 Å². The lowest BCUT2D eigenvalue weighted by Gasteiger charge is -2.04. The Hall–Kier alpha value is -2.21. The Balaban J connectivity index is 2.25. The van der Waals surface area contributed by atoms with Crippen molar-refractivity contribution in [2.24, 2.45) is 5.92 Å². The third-order valence-electron chi connectivity index (χ3n) is 3.10. The summed E-state index contributed by atoms with van der Waals surface area (Å²) in [4.78, 5) is 28.0. The minimum Gasteiger partial charge on any atom is -0.477 e. The fourth-order valence-electron chi connectivity index (χ4n) is 2.09. The molecule has 0 saturated heterocycles. The summed E-state index contributed by atoms with van der Waals surface area (Å²) >= 11 is 0.996. The number of thiazole rings is 1. The first kappa shape index (κ1) is 16.2. The number of aryl methyl sites for hydroxylation is 1.